The van der Waals surface area contributed by atoms with Gasteiger partial charge in [0.1, 0.15) is 0 Å². The fraction of sp³-hybridized carbons (Fsp3) is 0.200. The van der Waals surface area contributed by atoms with E-state index in [2.05, 4.69) is 6.58 Å². The summed E-state index contributed by atoms with van der Waals surface area (Å²) in [7, 11) is -3.37. The van der Waals surface area contributed by atoms with E-state index in [0.29, 0.717) is 0 Å². The molecule has 4 heteroatoms. The van der Waals surface area contributed by atoms with Crippen LogP contribution in [0.15, 0.2) is 41.8 Å². The molecule has 0 radical (unpaired) electrons. The van der Waals surface area contributed by atoms with Crippen molar-refractivity contribution >= 4 is 21.4 Å². The van der Waals surface area contributed by atoms with Gasteiger partial charge in [0.2, 0.25) is 0 Å². The molecule has 0 aliphatic rings. The Morgan fingerprint density at radius 2 is 2.00 bits per heavy atom. The number of hydrogen-bond acceptors (Lipinski definition) is 2. The van der Waals surface area contributed by atoms with E-state index < -0.39 is 15.1 Å². The molecule has 1 unspecified atom stereocenters. The fourth-order valence-corrected chi connectivity index (χ4v) is 2.72. The van der Waals surface area contributed by atoms with Gasteiger partial charge in [0.25, 0.3) is 0 Å². The Balaban J connectivity index is 3.31. The maximum atomic E-state index is 11.8. The summed E-state index contributed by atoms with van der Waals surface area (Å²) in [6.07, 6.45) is 1.39. The molecular formula is C10H11ClO2S. The van der Waals surface area contributed by atoms with Gasteiger partial charge in [0.05, 0.1) is 15.2 Å². The molecule has 0 bridgehead atoms. The normalized spacial score (nSPS) is 13.6. The highest BCUT2D eigenvalue weighted by molar-refractivity contribution is 7.92. The van der Waals surface area contributed by atoms with Gasteiger partial charge in [-0.1, -0.05) is 29.8 Å². The van der Waals surface area contributed by atoms with Crippen molar-refractivity contribution in [2.75, 3.05) is 0 Å². The van der Waals surface area contributed by atoms with Gasteiger partial charge >= 0.3 is 0 Å². The van der Waals surface area contributed by atoms with Crippen molar-refractivity contribution in [3.8, 4) is 0 Å². The molecule has 14 heavy (non-hydrogen) atoms. The van der Waals surface area contributed by atoms with Crippen LogP contribution in [0.3, 0.4) is 0 Å². The molecular weight excluding hydrogens is 220 g/mol. The Labute approximate surface area is 89.1 Å². The Morgan fingerprint density at radius 1 is 1.43 bits per heavy atom. The molecule has 0 fully saturated rings. The van der Waals surface area contributed by atoms with Crippen molar-refractivity contribution in [3.05, 3.63) is 41.9 Å². The molecule has 0 N–H and O–H groups in total. The highest BCUT2D eigenvalue weighted by Crippen LogP contribution is 2.24. The zero-order valence-corrected chi connectivity index (χ0v) is 9.35. The minimum atomic E-state index is -3.37. The molecule has 0 amide bonds. The Bertz CT molecular complexity index is 437. The molecule has 0 aliphatic carbocycles. The van der Waals surface area contributed by atoms with E-state index in [1.54, 1.807) is 25.1 Å². The quantitative estimate of drug-likeness (QED) is 0.749. The Hall–Kier alpha value is -0.800. The number of rotatable bonds is 3. The second-order valence-electron chi connectivity index (χ2n) is 2.92. The number of halogens is 1. The van der Waals surface area contributed by atoms with Crippen molar-refractivity contribution in [1.29, 1.82) is 0 Å². The summed E-state index contributed by atoms with van der Waals surface area (Å²) in [5.41, 5.74) is 0. The van der Waals surface area contributed by atoms with Crippen LogP contribution in [-0.4, -0.2) is 13.7 Å². The minimum Gasteiger partial charge on any atom is -0.223 e. The lowest BCUT2D eigenvalue weighted by Gasteiger charge is -2.09. The monoisotopic (exact) mass is 230 g/mol. The van der Waals surface area contributed by atoms with Gasteiger partial charge in [-0.05, 0) is 19.1 Å². The third-order valence-corrected chi connectivity index (χ3v) is 4.55. The molecule has 0 aromatic heterocycles. The summed E-state index contributed by atoms with van der Waals surface area (Å²) in [6.45, 7) is 5.03. The van der Waals surface area contributed by atoms with E-state index in [1.807, 2.05) is 0 Å². The summed E-state index contributed by atoms with van der Waals surface area (Å²) < 4.78 is 23.7. The highest BCUT2D eigenvalue weighted by Gasteiger charge is 2.22. The zero-order chi connectivity index (χ0) is 10.8. The lowest BCUT2D eigenvalue weighted by atomic mass is 10.4. The van der Waals surface area contributed by atoms with E-state index in [1.165, 1.54) is 12.1 Å². The van der Waals surface area contributed by atoms with Gasteiger partial charge in [-0.15, -0.1) is 6.58 Å². The van der Waals surface area contributed by atoms with Gasteiger partial charge in [0, 0.05) is 0 Å². The first-order valence-electron chi connectivity index (χ1n) is 4.11. The molecule has 2 nitrogen and oxygen atoms in total. The Kier molecular flexibility index (Phi) is 3.34. The molecule has 1 aromatic rings. The fourth-order valence-electron chi connectivity index (χ4n) is 1.00. The Morgan fingerprint density at radius 3 is 2.50 bits per heavy atom. The zero-order valence-electron chi connectivity index (χ0n) is 7.77. The molecule has 1 aromatic carbocycles. The molecule has 76 valence electrons. The summed E-state index contributed by atoms with van der Waals surface area (Å²) in [5, 5.41) is -0.372. The van der Waals surface area contributed by atoms with Crippen molar-refractivity contribution < 1.29 is 8.42 Å². The van der Waals surface area contributed by atoms with Crippen LogP contribution in [0.25, 0.3) is 0 Å². The lowest BCUT2D eigenvalue weighted by Crippen LogP contribution is -2.15. The second-order valence-corrected chi connectivity index (χ2v) is 5.60. The van der Waals surface area contributed by atoms with E-state index in [9.17, 15) is 8.42 Å². The summed E-state index contributed by atoms with van der Waals surface area (Å²) in [4.78, 5) is 0.161. The van der Waals surface area contributed by atoms with Crippen LogP contribution in [0, 0.1) is 0 Å². The van der Waals surface area contributed by atoms with E-state index >= 15 is 0 Å². The average molecular weight is 231 g/mol. The number of sulfone groups is 1. The smallest absolute Gasteiger partial charge is 0.185 e. The number of benzene rings is 1. The topological polar surface area (TPSA) is 34.1 Å². The van der Waals surface area contributed by atoms with E-state index in [0.717, 1.165) is 0 Å². The summed E-state index contributed by atoms with van der Waals surface area (Å²) >= 11 is 5.80. The molecule has 0 saturated heterocycles. The second kappa shape index (κ2) is 4.15. The van der Waals surface area contributed by atoms with Crippen LogP contribution in [0.2, 0.25) is 5.02 Å². The van der Waals surface area contributed by atoms with Crippen molar-refractivity contribution in [2.45, 2.75) is 17.1 Å². The van der Waals surface area contributed by atoms with Gasteiger partial charge in [-0.3, -0.25) is 0 Å². The standard InChI is InChI=1S/C10H11ClO2S/c1-3-8(2)14(12,13)10-7-5-4-6-9(10)11/h3-8H,1H2,2H3. The van der Waals surface area contributed by atoms with E-state index in [4.69, 9.17) is 11.6 Å². The molecule has 0 heterocycles. The third-order valence-electron chi connectivity index (χ3n) is 1.96. The predicted molar refractivity (Wildman–Crippen MR) is 58.3 cm³/mol. The molecule has 1 rings (SSSR count). The first-order valence-corrected chi connectivity index (χ1v) is 6.03. The van der Waals surface area contributed by atoms with Crippen LogP contribution < -0.4 is 0 Å². The van der Waals surface area contributed by atoms with Gasteiger partial charge in [-0.2, -0.15) is 0 Å². The highest BCUT2D eigenvalue weighted by atomic mass is 35.5. The van der Waals surface area contributed by atoms with Gasteiger partial charge in [0.15, 0.2) is 9.84 Å². The van der Waals surface area contributed by atoms with Crippen molar-refractivity contribution in [1.82, 2.24) is 0 Å². The van der Waals surface area contributed by atoms with Crippen LogP contribution in [0.4, 0.5) is 0 Å². The van der Waals surface area contributed by atoms with Crippen LogP contribution >= 0.6 is 11.6 Å². The average Bonchev–Trinajstić information content (AvgIpc) is 2.17. The first-order chi connectivity index (χ1) is 6.50. The van der Waals surface area contributed by atoms with Crippen molar-refractivity contribution in [2.24, 2.45) is 0 Å². The predicted octanol–water partition coefficient (Wildman–Crippen LogP) is 2.69. The number of hydrogen-bond donors (Lipinski definition) is 0. The maximum Gasteiger partial charge on any atom is 0.185 e. The van der Waals surface area contributed by atoms with Crippen molar-refractivity contribution in [3.63, 3.8) is 0 Å². The lowest BCUT2D eigenvalue weighted by molar-refractivity contribution is 0.591. The molecule has 0 aliphatic heterocycles. The maximum absolute atomic E-state index is 11.8. The molecule has 1 atom stereocenters. The van der Waals surface area contributed by atoms with Gasteiger partial charge in [-0.25, -0.2) is 8.42 Å². The SMILES string of the molecule is C=CC(C)S(=O)(=O)c1ccccc1Cl. The van der Waals surface area contributed by atoms with Crippen LogP contribution in [0.1, 0.15) is 6.92 Å². The largest absolute Gasteiger partial charge is 0.223 e. The first kappa shape index (κ1) is 11.3. The van der Waals surface area contributed by atoms with E-state index in [-0.39, 0.29) is 9.92 Å². The van der Waals surface area contributed by atoms with Crippen LogP contribution in [0.5, 0.6) is 0 Å². The van der Waals surface area contributed by atoms with Crippen LogP contribution in [-0.2, 0) is 9.84 Å². The molecule has 0 spiro atoms. The third kappa shape index (κ3) is 1.99. The van der Waals surface area contributed by atoms with Gasteiger partial charge < -0.3 is 0 Å². The summed E-state index contributed by atoms with van der Waals surface area (Å²) in [5.74, 6) is 0. The summed E-state index contributed by atoms with van der Waals surface area (Å²) in [6, 6.07) is 6.40. The molecule has 0 saturated carbocycles. The minimum absolute atomic E-state index is 0.161.